The van der Waals surface area contributed by atoms with Gasteiger partial charge in [0.1, 0.15) is 5.75 Å². The zero-order valence-electron chi connectivity index (χ0n) is 19.9. The van der Waals surface area contributed by atoms with Crippen molar-refractivity contribution in [2.45, 2.75) is 17.9 Å². The average Bonchev–Trinajstić information content (AvgIpc) is 2.91. The number of hydrogen-bond acceptors (Lipinski definition) is 6. The van der Waals surface area contributed by atoms with Crippen LogP contribution in [0.3, 0.4) is 0 Å². The van der Waals surface area contributed by atoms with Crippen LogP contribution in [0, 0.1) is 0 Å². The highest BCUT2D eigenvalue weighted by molar-refractivity contribution is 7.89. The molecule has 4 rings (SSSR count). The normalized spacial score (nSPS) is 11.5. The number of sulfonamides is 1. The van der Waals surface area contributed by atoms with E-state index in [0.717, 1.165) is 10.9 Å². The van der Waals surface area contributed by atoms with Gasteiger partial charge in [-0.1, -0.05) is 30.3 Å². The molecule has 0 aliphatic heterocycles. The SMILES string of the molecule is COC(=O)c1ccc(S(=O)(=O)N(CCc2ccccc2)Cc2cc3cc(OC)ccc3[nH]c2=O)cc1. The van der Waals surface area contributed by atoms with Gasteiger partial charge in [0.15, 0.2) is 0 Å². The molecule has 36 heavy (non-hydrogen) atoms. The third-order valence-corrected chi connectivity index (χ3v) is 7.74. The van der Waals surface area contributed by atoms with Crippen molar-refractivity contribution in [3.63, 3.8) is 0 Å². The number of rotatable bonds is 9. The largest absolute Gasteiger partial charge is 0.497 e. The van der Waals surface area contributed by atoms with Crippen LogP contribution in [-0.4, -0.2) is 44.4 Å². The number of nitrogens with one attached hydrogen (secondary N) is 1. The number of pyridine rings is 1. The third kappa shape index (κ3) is 5.48. The van der Waals surface area contributed by atoms with Gasteiger partial charge in [-0.2, -0.15) is 4.31 Å². The Hall–Kier alpha value is -3.95. The van der Waals surface area contributed by atoms with Crippen LogP contribution in [0.2, 0.25) is 0 Å². The van der Waals surface area contributed by atoms with Gasteiger partial charge in [-0.25, -0.2) is 13.2 Å². The van der Waals surface area contributed by atoms with Crippen LogP contribution in [0.4, 0.5) is 0 Å². The van der Waals surface area contributed by atoms with Gasteiger partial charge in [-0.15, -0.1) is 0 Å². The van der Waals surface area contributed by atoms with Crippen LogP contribution in [0.25, 0.3) is 10.9 Å². The molecule has 0 unspecified atom stereocenters. The molecule has 1 heterocycles. The number of H-pyrrole nitrogens is 1. The molecule has 0 saturated carbocycles. The monoisotopic (exact) mass is 506 g/mol. The highest BCUT2D eigenvalue weighted by Gasteiger charge is 2.26. The molecular weight excluding hydrogens is 480 g/mol. The summed E-state index contributed by atoms with van der Waals surface area (Å²) >= 11 is 0. The van der Waals surface area contributed by atoms with Crippen molar-refractivity contribution in [1.82, 2.24) is 9.29 Å². The Morgan fingerprint density at radius 3 is 2.33 bits per heavy atom. The van der Waals surface area contributed by atoms with Crippen molar-refractivity contribution < 1.29 is 22.7 Å². The number of esters is 1. The summed E-state index contributed by atoms with van der Waals surface area (Å²) in [5, 5.41) is 0.729. The van der Waals surface area contributed by atoms with Crippen molar-refractivity contribution in [2.24, 2.45) is 0 Å². The average molecular weight is 507 g/mol. The van der Waals surface area contributed by atoms with Gasteiger partial charge in [0, 0.05) is 29.6 Å². The van der Waals surface area contributed by atoms with E-state index >= 15 is 0 Å². The molecule has 0 amide bonds. The molecule has 1 aromatic heterocycles. The second-order valence-electron chi connectivity index (χ2n) is 8.17. The van der Waals surface area contributed by atoms with Gasteiger partial charge in [-0.3, -0.25) is 4.79 Å². The molecule has 0 bridgehead atoms. The van der Waals surface area contributed by atoms with Crippen molar-refractivity contribution in [1.29, 1.82) is 0 Å². The fourth-order valence-corrected chi connectivity index (χ4v) is 5.30. The number of fused-ring (bicyclic) bond motifs is 1. The van der Waals surface area contributed by atoms with Gasteiger partial charge in [0.25, 0.3) is 5.56 Å². The number of nitrogens with zero attached hydrogens (tertiary/aromatic N) is 1. The number of carbonyl (C=O) groups excluding carboxylic acids is 1. The van der Waals surface area contributed by atoms with Gasteiger partial charge < -0.3 is 14.5 Å². The second-order valence-corrected chi connectivity index (χ2v) is 10.1. The van der Waals surface area contributed by atoms with Crippen LogP contribution in [-0.2, 0) is 27.7 Å². The molecule has 9 heteroatoms. The van der Waals surface area contributed by atoms with Crippen LogP contribution in [0.5, 0.6) is 5.75 Å². The summed E-state index contributed by atoms with van der Waals surface area (Å²) in [6.45, 7) is 0.0249. The fraction of sp³-hybridized carbons (Fsp3) is 0.185. The molecule has 1 N–H and O–H groups in total. The summed E-state index contributed by atoms with van der Waals surface area (Å²) in [6.07, 6.45) is 0.458. The molecule has 0 saturated heterocycles. The van der Waals surface area contributed by atoms with Gasteiger partial charge in [-0.05, 0) is 60.5 Å². The first-order chi connectivity index (χ1) is 17.3. The molecule has 0 atom stereocenters. The van der Waals surface area contributed by atoms with Gasteiger partial charge >= 0.3 is 5.97 Å². The lowest BCUT2D eigenvalue weighted by molar-refractivity contribution is 0.0600. The van der Waals surface area contributed by atoms with E-state index in [0.29, 0.717) is 23.3 Å². The van der Waals surface area contributed by atoms with E-state index in [1.807, 2.05) is 30.3 Å². The van der Waals surface area contributed by atoms with E-state index in [4.69, 9.17) is 9.47 Å². The quantitative estimate of drug-likeness (QED) is 0.347. The van der Waals surface area contributed by atoms with Crippen molar-refractivity contribution in [3.05, 3.63) is 106 Å². The molecule has 0 aliphatic carbocycles. The lowest BCUT2D eigenvalue weighted by Gasteiger charge is -2.22. The van der Waals surface area contributed by atoms with Crippen LogP contribution in [0.15, 0.2) is 88.6 Å². The summed E-state index contributed by atoms with van der Waals surface area (Å²) in [7, 11) is -1.19. The van der Waals surface area contributed by atoms with E-state index in [1.165, 1.54) is 35.7 Å². The Balaban J connectivity index is 1.71. The maximum absolute atomic E-state index is 13.7. The number of methoxy groups -OCH3 is 2. The van der Waals surface area contributed by atoms with E-state index in [2.05, 4.69) is 4.98 Å². The molecule has 0 aliphatic rings. The third-order valence-electron chi connectivity index (χ3n) is 5.88. The maximum atomic E-state index is 13.7. The van der Waals surface area contributed by atoms with Crippen LogP contribution in [0.1, 0.15) is 21.5 Å². The lowest BCUT2D eigenvalue weighted by Crippen LogP contribution is -2.34. The first kappa shape index (κ1) is 25.2. The Bertz CT molecular complexity index is 1530. The number of aromatic amines is 1. The minimum atomic E-state index is -4.00. The Kier molecular flexibility index (Phi) is 7.52. The van der Waals surface area contributed by atoms with Gasteiger partial charge in [0.2, 0.25) is 10.0 Å². The molecular formula is C27H26N2O6S. The van der Waals surface area contributed by atoms with Crippen molar-refractivity contribution in [2.75, 3.05) is 20.8 Å². The second kappa shape index (κ2) is 10.8. The Labute approximate surface area is 209 Å². The number of ether oxygens (including phenoxy) is 2. The predicted octanol–water partition coefficient (Wildman–Crippen LogP) is 3.76. The number of hydrogen-bond donors (Lipinski definition) is 1. The topological polar surface area (TPSA) is 106 Å². The van der Waals surface area contributed by atoms with E-state index in [-0.39, 0.29) is 29.1 Å². The number of aromatic nitrogens is 1. The Morgan fingerprint density at radius 2 is 1.67 bits per heavy atom. The van der Waals surface area contributed by atoms with Crippen molar-refractivity contribution >= 4 is 26.9 Å². The molecule has 0 radical (unpaired) electrons. The van der Waals surface area contributed by atoms with Crippen LogP contribution < -0.4 is 10.3 Å². The zero-order chi connectivity index (χ0) is 25.7. The molecule has 186 valence electrons. The summed E-state index contributed by atoms with van der Waals surface area (Å²) in [5.74, 6) is 0.0674. The maximum Gasteiger partial charge on any atom is 0.337 e. The first-order valence-corrected chi connectivity index (χ1v) is 12.7. The Morgan fingerprint density at radius 1 is 0.944 bits per heavy atom. The zero-order valence-corrected chi connectivity index (χ0v) is 20.7. The molecule has 0 fully saturated rings. The highest BCUT2D eigenvalue weighted by Crippen LogP contribution is 2.22. The standard InChI is InChI=1S/C27H26N2O6S/c1-34-23-10-13-25-21(17-23)16-22(26(30)28-25)18-29(15-14-19-6-4-3-5-7-19)36(32,33)24-11-8-20(9-12-24)27(31)35-2/h3-13,16-17H,14-15,18H2,1-2H3,(H,28,30). The highest BCUT2D eigenvalue weighted by atomic mass is 32.2. The minimum absolute atomic E-state index is 0.0158. The summed E-state index contributed by atoms with van der Waals surface area (Å²) < 4.78 is 38.6. The molecule has 3 aromatic carbocycles. The van der Waals surface area contributed by atoms with Gasteiger partial charge in [0.05, 0.1) is 24.7 Å². The van der Waals surface area contributed by atoms with Crippen LogP contribution >= 0.6 is 0 Å². The predicted molar refractivity (Wildman–Crippen MR) is 137 cm³/mol. The summed E-state index contributed by atoms with van der Waals surface area (Å²) in [5.41, 5.74) is 1.77. The van der Waals surface area contributed by atoms with E-state index in [1.54, 1.807) is 31.4 Å². The first-order valence-electron chi connectivity index (χ1n) is 11.2. The van der Waals surface area contributed by atoms with E-state index in [9.17, 15) is 18.0 Å². The number of benzene rings is 3. The lowest BCUT2D eigenvalue weighted by atomic mass is 10.1. The molecule has 4 aromatic rings. The van der Waals surface area contributed by atoms with E-state index < -0.39 is 16.0 Å². The summed E-state index contributed by atoms with van der Waals surface area (Å²) in [6, 6.07) is 22.0. The van der Waals surface area contributed by atoms with Crippen molar-refractivity contribution in [3.8, 4) is 5.75 Å². The smallest absolute Gasteiger partial charge is 0.337 e. The number of carbonyl (C=O) groups is 1. The minimum Gasteiger partial charge on any atom is -0.497 e. The molecule has 8 nitrogen and oxygen atoms in total. The fourth-order valence-electron chi connectivity index (χ4n) is 3.88. The summed E-state index contributed by atoms with van der Waals surface area (Å²) in [4.78, 5) is 27.5. The molecule has 0 spiro atoms.